The summed E-state index contributed by atoms with van der Waals surface area (Å²) in [6.45, 7) is 6.22. The van der Waals surface area contributed by atoms with Crippen LogP contribution in [0.2, 0.25) is 0 Å². The van der Waals surface area contributed by atoms with Gasteiger partial charge in [0.2, 0.25) is 0 Å². The number of rotatable bonds is 4. The number of aromatic nitrogens is 1. The van der Waals surface area contributed by atoms with Crippen LogP contribution in [0.25, 0.3) is 0 Å². The largest absolute Gasteiger partial charge is 0.389 e. The Labute approximate surface area is 121 Å². The van der Waals surface area contributed by atoms with Crippen molar-refractivity contribution in [2.24, 2.45) is 11.7 Å². The summed E-state index contributed by atoms with van der Waals surface area (Å²) in [6, 6.07) is 2.50. The maximum atomic E-state index is 5.85. The van der Waals surface area contributed by atoms with Gasteiger partial charge in [0.15, 0.2) is 0 Å². The van der Waals surface area contributed by atoms with Gasteiger partial charge in [-0.3, -0.25) is 4.98 Å². The molecule has 1 aliphatic rings. The number of nitrogens with two attached hydrogens (primary N) is 1. The molecule has 19 heavy (non-hydrogen) atoms. The van der Waals surface area contributed by atoms with Crippen LogP contribution in [-0.4, -0.2) is 16.0 Å². The summed E-state index contributed by atoms with van der Waals surface area (Å²) in [7, 11) is 0. The van der Waals surface area contributed by atoms with Gasteiger partial charge in [0.25, 0.3) is 0 Å². The lowest BCUT2D eigenvalue weighted by molar-refractivity contribution is 0.482. The summed E-state index contributed by atoms with van der Waals surface area (Å²) in [6.07, 6.45) is 5.35. The molecule has 1 aromatic rings. The lowest BCUT2D eigenvalue weighted by Gasteiger charge is -2.24. The van der Waals surface area contributed by atoms with E-state index < -0.39 is 0 Å². The van der Waals surface area contributed by atoms with Crippen molar-refractivity contribution in [3.63, 3.8) is 0 Å². The first-order valence-electron chi connectivity index (χ1n) is 7.03. The minimum absolute atomic E-state index is 0.422. The molecule has 0 radical (unpaired) electrons. The molecule has 0 bridgehead atoms. The van der Waals surface area contributed by atoms with Crippen LogP contribution in [0, 0.1) is 19.8 Å². The van der Waals surface area contributed by atoms with Crippen LogP contribution < -0.4 is 11.1 Å². The van der Waals surface area contributed by atoms with E-state index in [-0.39, 0.29) is 0 Å². The highest BCUT2D eigenvalue weighted by molar-refractivity contribution is 7.80. The summed E-state index contributed by atoms with van der Waals surface area (Å²) in [5, 5.41) is 3.61. The molecule has 104 valence electrons. The Hall–Kier alpha value is -1.16. The van der Waals surface area contributed by atoms with E-state index in [4.69, 9.17) is 18.0 Å². The zero-order valence-corrected chi connectivity index (χ0v) is 12.8. The van der Waals surface area contributed by atoms with E-state index in [1.54, 1.807) is 0 Å². The number of hydrogen-bond acceptors (Lipinski definition) is 3. The Bertz CT molecular complexity index is 479. The van der Waals surface area contributed by atoms with Gasteiger partial charge in [-0.1, -0.05) is 25.1 Å². The van der Waals surface area contributed by atoms with Gasteiger partial charge in [0, 0.05) is 23.1 Å². The minimum Gasteiger partial charge on any atom is -0.389 e. The second kappa shape index (κ2) is 5.87. The van der Waals surface area contributed by atoms with Crippen molar-refractivity contribution in [3.05, 3.63) is 23.0 Å². The highest BCUT2D eigenvalue weighted by Crippen LogP contribution is 2.30. The first kappa shape index (κ1) is 14.3. The average Bonchev–Trinajstić information content (AvgIpc) is 2.80. The smallest absolute Gasteiger partial charge is 0.107 e. The molecule has 1 atom stereocenters. The molecule has 0 aromatic carbocycles. The molecule has 3 nitrogen and oxygen atoms in total. The summed E-state index contributed by atoms with van der Waals surface area (Å²) in [5.41, 5.74) is 9.69. The third-order valence-electron chi connectivity index (χ3n) is 4.06. The summed E-state index contributed by atoms with van der Waals surface area (Å²) in [4.78, 5) is 4.88. The minimum atomic E-state index is 0.422. The van der Waals surface area contributed by atoms with Gasteiger partial charge in [0.05, 0.1) is 5.56 Å². The predicted octanol–water partition coefficient (Wildman–Crippen LogP) is 3.32. The van der Waals surface area contributed by atoms with Crippen LogP contribution in [0.5, 0.6) is 0 Å². The first-order chi connectivity index (χ1) is 8.99. The summed E-state index contributed by atoms with van der Waals surface area (Å²) < 4.78 is 0. The summed E-state index contributed by atoms with van der Waals surface area (Å²) in [5.74, 6) is 0.757. The van der Waals surface area contributed by atoms with E-state index in [2.05, 4.69) is 17.2 Å². The number of pyridine rings is 1. The number of nitrogens with one attached hydrogen (secondary N) is 1. The molecule has 1 aromatic heterocycles. The highest BCUT2D eigenvalue weighted by Gasteiger charge is 2.22. The fourth-order valence-corrected chi connectivity index (χ4v) is 3.33. The third-order valence-corrected chi connectivity index (χ3v) is 4.27. The number of hydrogen-bond donors (Lipinski definition) is 2. The van der Waals surface area contributed by atoms with Crippen molar-refractivity contribution in [1.29, 1.82) is 0 Å². The van der Waals surface area contributed by atoms with Crippen LogP contribution >= 0.6 is 12.2 Å². The molecule has 1 aliphatic carbocycles. The van der Waals surface area contributed by atoms with E-state index in [9.17, 15) is 0 Å². The zero-order valence-electron chi connectivity index (χ0n) is 12.0. The van der Waals surface area contributed by atoms with Gasteiger partial charge < -0.3 is 11.1 Å². The summed E-state index contributed by atoms with van der Waals surface area (Å²) >= 11 is 5.17. The Morgan fingerprint density at radius 2 is 2.05 bits per heavy atom. The molecule has 0 saturated heterocycles. The van der Waals surface area contributed by atoms with E-state index in [1.807, 2.05) is 19.9 Å². The lowest BCUT2D eigenvalue weighted by Crippen LogP contribution is -2.26. The fourth-order valence-electron chi connectivity index (χ4n) is 3.07. The zero-order chi connectivity index (χ0) is 14.0. The number of anilines is 1. The van der Waals surface area contributed by atoms with E-state index in [0.29, 0.717) is 11.0 Å². The van der Waals surface area contributed by atoms with E-state index in [0.717, 1.165) is 28.6 Å². The monoisotopic (exact) mass is 277 g/mol. The molecular formula is C15H23N3S. The molecule has 1 fully saturated rings. The van der Waals surface area contributed by atoms with Crippen molar-refractivity contribution in [3.8, 4) is 0 Å². The molecule has 2 rings (SSSR count). The van der Waals surface area contributed by atoms with Gasteiger partial charge in [-0.2, -0.15) is 0 Å². The second-order valence-electron chi connectivity index (χ2n) is 5.61. The van der Waals surface area contributed by atoms with Gasteiger partial charge in [-0.05, 0) is 45.6 Å². The molecule has 1 unspecified atom stereocenters. The van der Waals surface area contributed by atoms with Gasteiger partial charge in [-0.15, -0.1) is 0 Å². The average molecular weight is 277 g/mol. The Balaban J connectivity index is 2.25. The van der Waals surface area contributed by atoms with Crippen LogP contribution in [-0.2, 0) is 0 Å². The molecule has 1 saturated carbocycles. The predicted molar refractivity (Wildman–Crippen MR) is 84.6 cm³/mol. The van der Waals surface area contributed by atoms with E-state index >= 15 is 0 Å². The number of aryl methyl sites for hydroxylation is 2. The van der Waals surface area contributed by atoms with Crippen LogP contribution in [0.15, 0.2) is 6.07 Å². The first-order valence-corrected chi connectivity index (χ1v) is 7.44. The van der Waals surface area contributed by atoms with Crippen LogP contribution in [0.4, 0.5) is 5.69 Å². The second-order valence-corrected chi connectivity index (χ2v) is 6.05. The normalized spacial score (nSPS) is 17.4. The Kier molecular flexibility index (Phi) is 4.40. The van der Waals surface area contributed by atoms with Gasteiger partial charge in [-0.25, -0.2) is 0 Å². The number of thiocarbonyl (C=S) groups is 1. The highest BCUT2D eigenvalue weighted by atomic mass is 32.1. The maximum Gasteiger partial charge on any atom is 0.107 e. The molecule has 0 amide bonds. The van der Waals surface area contributed by atoms with Crippen molar-refractivity contribution in [2.75, 3.05) is 5.32 Å². The standard InChI is InChI=1S/C15H23N3S/c1-9-8-13(14(15(16)19)11(3)17-9)18-10(2)12-6-4-5-7-12/h8,10,12H,4-7H2,1-3H3,(H2,16,19)(H,17,18). The molecule has 0 aliphatic heterocycles. The van der Waals surface area contributed by atoms with Gasteiger partial charge in [0.1, 0.15) is 4.99 Å². The maximum absolute atomic E-state index is 5.85. The Morgan fingerprint density at radius 1 is 1.42 bits per heavy atom. The molecular weight excluding hydrogens is 254 g/mol. The van der Waals surface area contributed by atoms with Crippen LogP contribution in [0.3, 0.4) is 0 Å². The lowest BCUT2D eigenvalue weighted by atomic mass is 9.99. The third kappa shape index (κ3) is 3.24. The van der Waals surface area contributed by atoms with Crippen molar-refractivity contribution >= 4 is 22.9 Å². The van der Waals surface area contributed by atoms with Gasteiger partial charge >= 0.3 is 0 Å². The van der Waals surface area contributed by atoms with E-state index in [1.165, 1.54) is 25.7 Å². The van der Waals surface area contributed by atoms with Crippen molar-refractivity contribution in [2.45, 2.75) is 52.5 Å². The molecule has 1 heterocycles. The Morgan fingerprint density at radius 3 is 2.63 bits per heavy atom. The van der Waals surface area contributed by atoms with Crippen LogP contribution in [0.1, 0.15) is 49.6 Å². The fraction of sp³-hybridized carbons (Fsp3) is 0.600. The molecule has 0 spiro atoms. The number of nitrogens with zero attached hydrogens (tertiary/aromatic N) is 1. The SMILES string of the molecule is Cc1cc(NC(C)C2CCCC2)c(C(N)=S)c(C)n1. The quantitative estimate of drug-likeness (QED) is 0.829. The molecule has 4 heteroatoms. The van der Waals surface area contributed by atoms with Crippen molar-refractivity contribution in [1.82, 2.24) is 4.98 Å². The topological polar surface area (TPSA) is 50.9 Å². The molecule has 3 N–H and O–H groups in total. The van der Waals surface area contributed by atoms with Crippen molar-refractivity contribution < 1.29 is 0 Å².